The Morgan fingerprint density at radius 1 is 1.27 bits per heavy atom. The molecule has 1 amide bonds. The van der Waals surface area contributed by atoms with E-state index < -0.39 is 10.8 Å². The third-order valence-electron chi connectivity index (χ3n) is 4.20. The Hall–Kier alpha value is -4.01. The van der Waals surface area contributed by atoms with Gasteiger partial charge in [-0.15, -0.1) is 0 Å². The molecule has 154 valence electrons. The molecular formula is C21H21N5O4. The summed E-state index contributed by atoms with van der Waals surface area (Å²) < 4.78 is 5.64. The van der Waals surface area contributed by atoms with Crippen LogP contribution < -0.4 is 10.2 Å². The first-order valence-electron chi connectivity index (χ1n) is 9.43. The van der Waals surface area contributed by atoms with E-state index in [4.69, 9.17) is 4.74 Å². The number of aromatic amines is 1. The SMILES string of the molecule is CCCCOc1ccc(-c2cc(C(=O)N/N=C\c3cccc([N+](=O)[O-])c3)[nH]n2)cc1. The van der Waals surface area contributed by atoms with E-state index in [1.165, 1.54) is 18.3 Å². The second kappa shape index (κ2) is 9.97. The van der Waals surface area contributed by atoms with Crippen LogP contribution in [0.3, 0.4) is 0 Å². The van der Waals surface area contributed by atoms with E-state index >= 15 is 0 Å². The molecule has 9 heteroatoms. The quantitative estimate of drug-likeness (QED) is 0.241. The second-order valence-electron chi connectivity index (χ2n) is 6.44. The average Bonchev–Trinajstić information content (AvgIpc) is 3.25. The van der Waals surface area contributed by atoms with Gasteiger partial charge in [0.15, 0.2) is 0 Å². The first-order chi connectivity index (χ1) is 14.6. The van der Waals surface area contributed by atoms with Crippen LogP contribution in [0.1, 0.15) is 35.8 Å². The maximum atomic E-state index is 12.2. The third kappa shape index (κ3) is 5.51. The molecule has 9 nitrogen and oxygen atoms in total. The number of non-ortho nitro benzene ring substituents is 1. The molecule has 0 radical (unpaired) electrons. The lowest BCUT2D eigenvalue weighted by Crippen LogP contribution is -2.18. The molecule has 30 heavy (non-hydrogen) atoms. The highest BCUT2D eigenvalue weighted by Gasteiger charge is 2.11. The van der Waals surface area contributed by atoms with Gasteiger partial charge in [-0.3, -0.25) is 20.0 Å². The van der Waals surface area contributed by atoms with Gasteiger partial charge in [0, 0.05) is 23.3 Å². The number of nitro groups is 1. The number of nitrogens with zero attached hydrogens (tertiary/aromatic N) is 3. The molecule has 0 aliphatic heterocycles. The lowest BCUT2D eigenvalue weighted by molar-refractivity contribution is -0.384. The van der Waals surface area contributed by atoms with Crippen molar-refractivity contribution in [2.75, 3.05) is 6.61 Å². The fourth-order valence-corrected chi connectivity index (χ4v) is 2.59. The van der Waals surface area contributed by atoms with E-state index in [1.807, 2.05) is 24.3 Å². The number of nitrogens with one attached hydrogen (secondary N) is 2. The third-order valence-corrected chi connectivity index (χ3v) is 4.20. The Kier molecular flexibility index (Phi) is 6.88. The molecule has 3 aromatic rings. The Morgan fingerprint density at radius 3 is 2.80 bits per heavy atom. The van der Waals surface area contributed by atoms with Crippen LogP contribution in [0.4, 0.5) is 5.69 Å². The van der Waals surface area contributed by atoms with Crippen molar-refractivity contribution in [3.05, 3.63) is 76.0 Å². The van der Waals surface area contributed by atoms with Crippen molar-refractivity contribution in [2.45, 2.75) is 19.8 Å². The molecule has 0 unspecified atom stereocenters. The number of hydrogen-bond acceptors (Lipinski definition) is 6. The highest BCUT2D eigenvalue weighted by molar-refractivity contribution is 5.94. The highest BCUT2D eigenvalue weighted by atomic mass is 16.6. The monoisotopic (exact) mass is 407 g/mol. The van der Waals surface area contributed by atoms with Crippen molar-refractivity contribution in [1.29, 1.82) is 0 Å². The van der Waals surface area contributed by atoms with Crippen LogP contribution >= 0.6 is 0 Å². The summed E-state index contributed by atoms with van der Waals surface area (Å²) in [5, 5.41) is 21.5. The molecule has 1 heterocycles. The number of benzene rings is 2. The molecule has 3 rings (SSSR count). The van der Waals surface area contributed by atoms with Gasteiger partial charge in [0.2, 0.25) is 0 Å². The number of unbranched alkanes of at least 4 members (excludes halogenated alkanes) is 1. The number of carbonyl (C=O) groups is 1. The lowest BCUT2D eigenvalue weighted by Gasteiger charge is -2.05. The minimum Gasteiger partial charge on any atom is -0.494 e. The van der Waals surface area contributed by atoms with Crippen molar-refractivity contribution in [1.82, 2.24) is 15.6 Å². The van der Waals surface area contributed by atoms with Gasteiger partial charge in [0.05, 0.1) is 23.4 Å². The minimum atomic E-state index is -0.494. The summed E-state index contributed by atoms with van der Waals surface area (Å²) in [6.07, 6.45) is 3.41. The van der Waals surface area contributed by atoms with E-state index in [0.717, 1.165) is 24.2 Å². The Labute approximate surface area is 172 Å². The fraction of sp³-hybridized carbons (Fsp3) is 0.190. The van der Waals surface area contributed by atoms with Gasteiger partial charge in [0.25, 0.3) is 11.6 Å². The summed E-state index contributed by atoms with van der Waals surface area (Å²) in [6.45, 7) is 2.79. The maximum absolute atomic E-state index is 12.2. The van der Waals surface area contributed by atoms with E-state index in [0.29, 0.717) is 17.9 Å². The van der Waals surface area contributed by atoms with Gasteiger partial charge in [-0.1, -0.05) is 25.5 Å². The zero-order valence-electron chi connectivity index (χ0n) is 16.4. The molecular weight excluding hydrogens is 386 g/mol. The number of rotatable bonds is 9. The number of aromatic nitrogens is 2. The summed E-state index contributed by atoms with van der Waals surface area (Å²) in [4.78, 5) is 22.5. The van der Waals surface area contributed by atoms with E-state index in [1.54, 1.807) is 18.2 Å². The summed E-state index contributed by atoms with van der Waals surface area (Å²) in [5.41, 5.74) is 4.51. The Balaban J connectivity index is 1.59. The zero-order valence-corrected chi connectivity index (χ0v) is 16.4. The summed E-state index contributed by atoms with van der Waals surface area (Å²) in [7, 11) is 0. The van der Waals surface area contributed by atoms with Gasteiger partial charge in [-0.05, 0) is 36.8 Å². The van der Waals surface area contributed by atoms with Crippen molar-refractivity contribution in [3.8, 4) is 17.0 Å². The van der Waals surface area contributed by atoms with E-state index in [2.05, 4.69) is 27.6 Å². The van der Waals surface area contributed by atoms with Gasteiger partial charge >= 0.3 is 0 Å². The van der Waals surface area contributed by atoms with E-state index in [-0.39, 0.29) is 11.4 Å². The molecule has 0 fully saturated rings. The van der Waals surface area contributed by atoms with Gasteiger partial charge in [0.1, 0.15) is 11.4 Å². The highest BCUT2D eigenvalue weighted by Crippen LogP contribution is 2.21. The van der Waals surface area contributed by atoms with Crippen molar-refractivity contribution in [2.24, 2.45) is 5.10 Å². The normalized spacial score (nSPS) is 10.8. The largest absolute Gasteiger partial charge is 0.494 e. The second-order valence-corrected chi connectivity index (χ2v) is 6.44. The molecule has 1 aromatic heterocycles. The van der Waals surface area contributed by atoms with Crippen LogP contribution in [0.5, 0.6) is 5.75 Å². The summed E-state index contributed by atoms with van der Waals surface area (Å²) in [6, 6.07) is 15.0. The zero-order chi connectivity index (χ0) is 21.3. The Morgan fingerprint density at radius 2 is 2.07 bits per heavy atom. The number of ether oxygens (including phenoxy) is 1. The number of carbonyl (C=O) groups excluding carboxylic acids is 1. The molecule has 2 N–H and O–H groups in total. The molecule has 0 aliphatic rings. The van der Waals surface area contributed by atoms with Gasteiger partial charge < -0.3 is 4.74 Å². The van der Waals surface area contributed by atoms with Crippen LogP contribution in [-0.4, -0.2) is 33.8 Å². The number of H-pyrrole nitrogens is 1. The molecule has 2 aromatic carbocycles. The number of amides is 1. The van der Waals surface area contributed by atoms with Crippen molar-refractivity contribution in [3.63, 3.8) is 0 Å². The Bertz CT molecular complexity index is 1040. The van der Waals surface area contributed by atoms with Crippen molar-refractivity contribution < 1.29 is 14.5 Å². The molecule has 0 saturated heterocycles. The van der Waals surface area contributed by atoms with Crippen molar-refractivity contribution >= 4 is 17.8 Å². The number of nitro benzene ring substituents is 1. The van der Waals surface area contributed by atoms with Crippen LogP contribution in [0, 0.1) is 10.1 Å². The standard InChI is InChI=1S/C21H21N5O4/c1-2-3-11-30-18-9-7-16(8-10-18)19-13-20(24-23-19)21(27)25-22-14-15-5-4-6-17(12-15)26(28)29/h4-10,12-14H,2-3,11H2,1H3,(H,23,24)(H,25,27)/b22-14-. The first kappa shape index (κ1) is 20.7. The van der Waals surface area contributed by atoms with Gasteiger partial charge in [-0.25, -0.2) is 5.43 Å². The van der Waals surface area contributed by atoms with Gasteiger partial charge in [-0.2, -0.15) is 10.2 Å². The number of hydrazone groups is 1. The molecule has 0 saturated carbocycles. The minimum absolute atomic E-state index is 0.0507. The maximum Gasteiger partial charge on any atom is 0.289 e. The average molecular weight is 407 g/mol. The summed E-state index contributed by atoms with van der Waals surface area (Å²) >= 11 is 0. The topological polar surface area (TPSA) is 123 Å². The predicted octanol–water partition coefficient (Wildman–Crippen LogP) is 3.93. The summed E-state index contributed by atoms with van der Waals surface area (Å²) in [5.74, 6) is 0.311. The predicted molar refractivity (Wildman–Crippen MR) is 113 cm³/mol. The molecule has 0 atom stereocenters. The lowest BCUT2D eigenvalue weighted by atomic mass is 10.1. The van der Waals surface area contributed by atoms with Crippen LogP contribution in [0.2, 0.25) is 0 Å². The molecule has 0 aliphatic carbocycles. The van der Waals surface area contributed by atoms with Crippen LogP contribution in [0.25, 0.3) is 11.3 Å². The van der Waals surface area contributed by atoms with Crippen LogP contribution in [-0.2, 0) is 0 Å². The smallest absolute Gasteiger partial charge is 0.289 e. The fourth-order valence-electron chi connectivity index (χ4n) is 2.59. The molecule has 0 bridgehead atoms. The van der Waals surface area contributed by atoms with E-state index in [9.17, 15) is 14.9 Å². The first-order valence-corrected chi connectivity index (χ1v) is 9.43. The van der Waals surface area contributed by atoms with Crippen LogP contribution in [0.15, 0.2) is 59.7 Å². The molecule has 0 spiro atoms. The number of hydrogen-bond donors (Lipinski definition) is 2.